The van der Waals surface area contributed by atoms with Crippen LogP contribution in [0.4, 0.5) is 11.6 Å². The van der Waals surface area contributed by atoms with E-state index in [-0.39, 0.29) is 11.6 Å². The van der Waals surface area contributed by atoms with Crippen LogP contribution < -0.4 is 5.32 Å². The number of aromatic nitrogens is 2. The molecule has 2 aromatic rings. The quantitative estimate of drug-likeness (QED) is 0.910. The number of anilines is 2. The molecule has 0 radical (unpaired) electrons. The van der Waals surface area contributed by atoms with Gasteiger partial charge in [-0.3, -0.25) is 0 Å². The third kappa shape index (κ3) is 2.53. The highest BCUT2D eigenvalue weighted by molar-refractivity contribution is 6.39. The lowest BCUT2D eigenvalue weighted by molar-refractivity contribution is 1.14. The molecule has 1 aromatic carbocycles. The number of nitrogens with zero attached hydrogens (tertiary/aromatic N) is 3. The van der Waals surface area contributed by atoms with Crippen LogP contribution in [-0.2, 0) is 0 Å². The van der Waals surface area contributed by atoms with Gasteiger partial charge in [-0.05, 0) is 24.6 Å². The Balaban J connectivity index is 2.40. The Morgan fingerprint density at radius 1 is 1.28 bits per heavy atom. The van der Waals surface area contributed by atoms with E-state index in [0.717, 1.165) is 5.56 Å². The van der Waals surface area contributed by atoms with Crippen molar-refractivity contribution in [3.8, 4) is 6.07 Å². The molecule has 90 valence electrons. The van der Waals surface area contributed by atoms with Crippen LogP contribution in [0.5, 0.6) is 0 Å². The van der Waals surface area contributed by atoms with Gasteiger partial charge >= 0.3 is 0 Å². The topological polar surface area (TPSA) is 61.6 Å². The van der Waals surface area contributed by atoms with Gasteiger partial charge in [0, 0.05) is 6.20 Å². The van der Waals surface area contributed by atoms with Crippen LogP contribution in [0.1, 0.15) is 11.3 Å². The first-order valence-corrected chi connectivity index (χ1v) is 5.82. The van der Waals surface area contributed by atoms with Crippen molar-refractivity contribution in [2.24, 2.45) is 0 Å². The number of nitriles is 1. The maximum atomic E-state index is 8.76. The Labute approximate surface area is 114 Å². The van der Waals surface area contributed by atoms with Crippen molar-refractivity contribution < 1.29 is 0 Å². The molecule has 6 heteroatoms. The molecule has 0 amide bonds. The summed E-state index contributed by atoms with van der Waals surface area (Å²) in [5.41, 5.74) is 1.70. The monoisotopic (exact) mass is 278 g/mol. The Morgan fingerprint density at radius 3 is 2.78 bits per heavy atom. The van der Waals surface area contributed by atoms with Gasteiger partial charge in [0.15, 0.2) is 0 Å². The number of rotatable bonds is 2. The van der Waals surface area contributed by atoms with E-state index in [1.54, 1.807) is 6.07 Å². The molecule has 0 saturated carbocycles. The van der Waals surface area contributed by atoms with Crippen LogP contribution in [0.2, 0.25) is 10.0 Å². The minimum atomic E-state index is 0.271. The average Bonchev–Trinajstić information content (AvgIpc) is 2.39. The van der Waals surface area contributed by atoms with Crippen LogP contribution in [0.15, 0.2) is 24.4 Å². The maximum absolute atomic E-state index is 8.76. The Kier molecular flexibility index (Phi) is 3.66. The molecular formula is C12H8Cl2N4. The summed E-state index contributed by atoms with van der Waals surface area (Å²) in [6, 6.07) is 7.01. The van der Waals surface area contributed by atoms with Crippen LogP contribution in [0.25, 0.3) is 0 Å². The van der Waals surface area contributed by atoms with Crippen LogP contribution in [-0.4, -0.2) is 9.97 Å². The van der Waals surface area contributed by atoms with E-state index in [4.69, 9.17) is 28.5 Å². The zero-order chi connectivity index (χ0) is 13.1. The van der Waals surface area contributed by atoms with Crippen molar-refractivity contribution in [1.82, 2.24) is 9.97 Å². The van der Waals surface area contributed by atoms with Gasteiger partial charge in [-0.25, -0.2) is 9.97 Å². The smallest absolute Gasteiger partial charge is 0.228 e. The highest BCUT2D eigenvalue weighted by atomic mass is 35.5. The molecule has 0 unspecified atom stereocenters. The van der Waals surface area contributed by atoms with E-state index < -0.39 is 0 Å². The first kappa shape index (κ1) is 12.6. The minimum Gasteiger partial charge on any atom is -0.322 e. The highest BCUT2D eigenvalue weighted by Crippen LogP contribution is 2.34. The van der Waals surface area contributed by atoms with Crippen molar-refractivity contribution in [2.45, 2.75) is 6.92 Å². The number of nitrogens with one attached hydrogen (secondary N) is 1. The number of hydrogen-bond acceptors (Lipinski definition) is 4. The molecule has 0 aliphatic heterocycles. The molecule has 1 aromatic heterocycles. The van der Waals surface area contributed by atoms with Gasteiger partial charge in [-0.1, -0.05) is 29.3 Å². The van der Waals surface area contributed by atoms with Gasteiger partial charge in [0.05, 0.1) is 15.7 Å². The SMILES string of the molecule is Cc1ccc(Cl)c(Nc2nccc(C#N)n2)c1Cl. The largest absolute Gasteiger partial charge is 0.322 e. The molecule has 1 heterocycles. The molecule has 0 fully saturated rings. The molecule has 4 nitrogen and oxygen atoms in total. The second-order valence-corrected chi connectivity index (χ2v) is 4.34. The number of hydrogen-bond donors (Lipinski definition) is 1. The molecule has 2 rings (SSSR count). The lowest BCUT2D eigenvalue weighted by Crippen LogP contribution is -2.00. The van der Waals surface area contributed by atoms with Crippen LogP contribution >= 0.6 is 23.2 Å². The Bertz CT molecular complexity index is 634. The average molecular weight is 279 g/mol. The fourth-order valence-electron chi connectivity index (χ4n) is 1.36. The predicted octanol–water partition coefficient (Wildman–Crippen LogP) is 3.71. The number of halogens is 2. The van der Waals surface area contributed by atoms with E-state index in [1.807, 2.05) is 19.1 Å². The van der Waals surface area contributed by atoms with Crippen LogP contribution in [0.3, 0.4) is 0 Å². The van der Waals surface area contributed by atoms with Gasteiger partial charge < -0.3 is 5.32 Å². The maximum Gasteiger partial charge on any atom is 0.228 e. The first-order chi connectivity index (χ1) is 8.61. The van der Waals surface area contributed by atoms with Gasteiger partial charge in [-0.15, -0.1) is 0 Å². The van der Waals surface area contributed by atoms with E-state index in [9.17, 15) is 0 Å². The van der Waals surface area contributed by atoms with E-state index in [2.05, 4.69) is 15.3 Å². The third-order valence-electron chi connectivity index (χ3n) is 2.29. The molecule has 0 aliphatic carbocycles. The Morgan fingerprint density at radius 2 is 2.06 bits per heavy atom. The molecule has 0 saturated heterocycles. The first-order valence-electron chi connectivity index (χ1n) is 5.06. The number of benzene rings is 1. The normalized spacial score (nSPS) is 9.89. The van der Waals surface area contributed by atoms with Crippen molar-refractivity contribution >= 4 is 34.8 Å². The molecule has 0 bridgehead atoms. The fourth-order valence-corrected chi connectivity index (χ4v) is 1.83. The summed E-state index contributed by atoms with van der Waals surface area (Å²) in [6.45, 7) is 1.87. The van der Waals surface area contributed by atoms with Crippen molar-refractivity contribution in [3.05, 3.63) is 45.7 Å². The van der Waals surface area contributed by atoms with E-state index in [0.29, 0.717) is 15.7 Å². The zero-order valence-corrected chi connectivity index (χ0v) is 10.9. The standard InChI is InChI=1S/C12H8Cl2N4/c1-7-2-3-9(13)11(10(7)14)18-12-16-5-4-8(6-15)17-12/h2-5H,1H3,(H,16,17,18). The molecular weight excluding hydrogens is 271 g/mol. The summed E-state index contributed by atoms with van der Waals surface area (Å²) in [5.74, 6) is 0.281. The van der Waals surface area contributed by atoms with Gasteiger partial charge in [0.25, 0.3) is 0 Å². The van der Waals surface area contributed by atoms with E-state index in [1.165, 1.54) is 12.3 Å². The lowest BCUT2D eigenvalue weighted by atomic mass is 10.2. The summed E-state index contributed by atoms with van der Waals surface area (Å²) in [5, 5.41) is 12.7. The molecule has 1 N–H and O–H groups in total. The van der Waals surface area contributed by atoms with Crippen molar-refractivity contribution in [1.29, 1.82) is 5.26 Å². The van der Waals surface area contributed by atoms with Gasteiger partial charge in [0.1, 0.15) is 11.8 Å². The van der Waals surface area contributed by atoms with Crippen LogP contribution in [0, 0.1) is 18.3 Å². The van der Waals surface area contributed by atoms with Crippen molar-refractivity contribution in [2.75, 3.05) is 5.32 Å². The summed E-state index contributed by atoms with van der Waals surface area (Å²) >= 11 is 12.2. The summed E-state index contributed by atoms with van der Waals surface area (Å²) in [7, 11) is 0. The second kappa shape index (κ2) is 5.21. The molecule has 0 aliphatic rings. The number of aryl methyl sites for hydroxylation is 1. The van der Waals surface area contributed by atoms with E-state index >= 15 is 0 Å². The Hall–Kier alpha value is -1.83. The summed E-state index contributed by atoms with van der Waals surface area (Å²) < 4.78 is 0. The van der Waals surface area contributed by atoms with Gasteiger partial charge in [-0.2, -0.15) is 5.26 Å². The highest BCUT2D eigenvalue weighted by Gasteiger charge is 2.10. The van der Waals surface area contributed by atoms with Crippen molar-refractivity contribution in [3.63, 3.8) is 0 Å². The molecule has 0 spiro atoms. The lowest BCUT2D eigenvalue weighted by Gasteiger charge is -2.10. The fraction of sp³-hybridized carbons (Fsp3) is 0.0833. The molecule has 0 atom stereocenters. The third-order valence-corrected chi connectivity index (χ3v) is 3.09. The predicted molar refractivity (Wildman–Crippen MR) is 71.2 cm³/mol. The second-order valence-electron chi connectivity index (χ2n) is 3.56. The summed E-state index contributed by atoms with van der Waals surface area (Å²) in [4.78, 5) is 8.00. The summed E-state index contributed by atoms with van der Waals surface area (Å²) in [6.07, 6.45) is 1.49. The molecule has 18 heavy (non-hydrogen) atoms. The minimum absolute atomic E-state index is 0.271. The van der Waals surface area contributed by atoms with Gasteiger partial charge in [0.2, 0.25) is 5.95 Å². The zero-order valence-electron chi connectivity index (χ0n) is 9.41.